The van der Waals surface area contributed by atoms with E-state index >= 15 is 4.39 Å². The van der Waals surface area contributed by atoms with E-state index in [4.69, 9.17) is 9.40 Å². The molecule has 5 heterocycles. The first-order valence-electron chi connectivity index (χ1n) is 14.1. The largest absolute Gasteiger partial charge is 0.507 e. The lowest BCUT2D eigenvalue weighted by Crippen LogP contribution is -2.54. The minimum absolute atomic E-state index is 0.0468. The van der Waals surface area contributed by atoms with Crippen LogP contribution in [0.4, 0.5) is 10.2 Å². The number of piperazine rings is 1. The van der Waals surface area contributed by atoms with Crippen LogP contribution in [-0.4, -0.2) is 61.1 Å². The number of fused-ring (bicyclic) bond motifs is 3. The van der Waals surface area contributed by atoms with Crippen molar-refractivity contribution >= 4 is 33.7 Å². The Kier molecular flexibility index (Phi) is 6.95. The summed E-state index contributed by atoms with van der Waals surface area (Å²) in [5.41, 5.74) is 1.91. The number of nitrogens with zero attached hydrogens (tertiary/aromatic N) is 6. The van der Waals surface area contributed by atoms with Gasteiger partial charge >= 0.3 is 5.69 Å². The number of hydrogen-bond acceptors (Lipinski definition) is 8. The van der Waals surface area contributed by atoms with Gasteiger partial charge < -0.3 is 19.3 Å². The molecule has 1 aromatic carbocycles. The average Bonchev–Trinajstić information content (AvgIpc) is 3.47. The van der Waals surface area contributed by atoms with E-state index in [9.17, 15) is 14.7 Å². The smallest absolute Gasteiger partial charge is 0.355 e. The van der Waals surface area contributed by atoms with E-state index in [2.05, 4.69) is 16.5 Å². The standard InChI is InChI=1S/C32H31FN6O4/c1-6-23(41)37-13-14-38(19(5)16-37)30-25-29-20(11-15-43-29)27(24-21(33)8-7-9-22(24)40)35-31(25)39(32(42)36-30)28-18(4)10-12-34-26(28)17(2)3/h6-12,15,17,19,40H,1,13-14,16H2,2-5H3/t19-/m0/s1. The van der Waals surface area contributed by atoms with Crippen LogP contribution in [0.2, 0.25) is 0 Å². The van der Waals surface area contributed by atoms with Crippen LogP contribution in [-0.2, 0) is 4.79 Å². The Hall–Kier alpha value is -5.06. The van der Waals surface area contributed by atoms with Gasteiger partial charge in [0.25, 0.3) is 0 Å². The second kappa shape index (κ2) is 10.6. The molecular weight excluding hydrogens is 551 g/mol. The quantitative estimate of drug-likeness (QED) is 0.285. The zero-order valence-electron chi connectivity index (χ0n) is 24.3. The second-order valence-corrected chi connectivity index (χ2v) is 11.1. The summed E-state index contributed by atoms with van der Waals surface area (Å²) in [5.74, 6) is -0.838. The van der Waals surface area contributed by atoms with Crippen molar-refractivity contribution in [1.82, 2.24) is 24.4 Å². The fourth-order valence-corrected chi connectivity index (χ4v) is 5.90. The summed E-state index contributed by atoms with van der Waals surface area (Å²) < 4.78 is 22.7. The number of hydrogen-bond donors (Lipinski definition) is 1. The minimum Gasteiger partial charge on any atom is -0.507 e. The number of phenolic OH excluding ortho intramolecular Hbond substituents is 1. The highest BCUT2D eigenvalue weighted by atomic mass is 19.1. The molecule has 0 saturated carbocycles. The SMILES string of the molecule is C=CC(=O)N1CCN(c2nc(=O)n(-c3c(C)ccnc3C(C)C)c3nc(-c4c(O)cccc4F)c4ccoc4c23)[C@@H](C)C1. The van der Waals surface area contributed by atoms with E-state index in [1.165, 1.54) is 35.1 Å². The third kappa shape index (κ3) is 4.52. The maximum atomic E-state index is 15.3. The molecule has 43 heavy (non-hydrogen) atoms. The Morgan fingerprint density at radius 2 is 2.00 bits per heavy atom. The number of aromatic hydroxyl groups is 1. The molecule has 1 saturated heterocycles. The highest BCUT2D eigenvalue weighted by molar-refractivity contribution is 6.12. The number of aryl methyl sites for hydroxylation is 1. The third-order valence-corrected chi connectivity index (χ3v) is 7.96. The van der Waals surface area contributed by atoms with Crippen molar-refractivity contribution < 1.29 is 18.7 Å². The van der Waals surface area contributed by atoms with Gasteiger partial charge in [-0.25, -0.2) is 18.7 Å². The molecule has 1 aliphatic rings. The fraction of sp³-hybridized carbons (Fsp3) is 0.281. The van der Waals surface area contributed by atoms with E-state index in [0.717, 1.165) is 5.56 Å². The monoisotopic (exact) mass is 582 g/mol. The molecule has 220 valence electrons. The molecule has 6 rings (SSSR count). The number of carbonyl (C=O) groups is 1. The van der Waals surface area contributed by atoms with Crippen molar-refractivity contribution in [2.75, 3.05) is 24.5 Å². The van der Waals surface area contributed by atoms with E-state index in [1.807, 2.05) is 32.6 Å². The molecule has 0 aliphatic carbocycles. The van der Waals surface area contributed by atoms with E-state index < -0.39 is 11.5 Å². The summed E-state index contributed by atoms with van der Waals surface area (Å²) in [5, 5.41) is 11.6. The summed E-state index contributed by atoms with van der Waals surface area (Å²) in [6.45, 7) is 12.6. The average molecular weight is 583 g/mol. The van der Waals surface area contributed by atoms with E-state index in [0.29, 0.717) is 53.2 Å². The number of anilines is 1. The Morgan fingerprint density at radius 3 is 2.70 bits per heavy atom. The van der Waals surface area contributed by atoms with Crippen molar-refractivity contribution in [2.45, 2.75) is 39.7 Å². The zero-order valence-corrected chi connectivity index (χ0v) is 24.3. The number of pyridine rings is 2. The number of carbonyl (C=O) groups excluding carboxylic acids is 1. The van der Waals surface area contributed by atoms with E-state index in [-0.39, 0.29) is 40.5 Å². The first-order chi connectivity index (χ1) is 20.6. The molecule has 4 aromatic heterocycles. The highest BCUT2D eigenvalue weighted by Crippen LogP contribution is 2.41. The molecule has 1 fully saturated rings. The normalized spacial score (nSPS) is 15.5. The van der Waals surface area contributed by atoms with Crippen LogP contribution < -0.4 is 10.6 Å². The Labute approximate surface area is 246 Å². The van der Waals surface area contributed by atoms with Crippen molar-refractivity contribution in [2.24, 2.45) is 0 Å². The van der Waals surface area contributed by atoms with Gasteiger partial charge in [-0.15, -0.1) is 0 Å². The lowest BCUT2D eigenvalue weighted by atomic mass is 10.0. The molecule has 1 N–H and O–H groups in total. The second-order valence-electron chi connectivity index (χ2n) is 11.1. The molecule has 1 aliphatic heterocycles. The minimum atomic E-state index is -0.672. The van der Waals surface area contributed by atoms with Crippen LogP contribution in [0.3, 0.4) is 0 Å². The van der Waals surface area contributed by atoms with Gasteiger partial charge in [0, 0.05) is 37.3 Å². The predicted molar refractivity (Wildman–Crippen MR) is 162 cm³/mol. The van der Waals surface area contributed by atoms with Crippen LogP contribution in [0.5, 0.6) is 5.75 Å². The van der Waals surface area contributed by atoms with Crippen molar-refractivity contribution in [3.8, 4) is 22.7 Å². The lowest BCUT2D eigenvalue weighted by Gasteiger charge is -2.40. The Bertz CT molecular complexity index is 1960. The van der Waals surface area contributed by atoms with Crippen LogP contribution in [0, 0.1) is 12.7 Å². The first-order valence-corrected chi connectivity index (χ1v) is 14.1. The Balaban J connectivity index is 1.73. The first kappa shape index (κ1) is 28.1. The van der Waals surface area contributed by atoms with Gasteiger partial charge in [0.1, 0.15) is 22.8 Å². The summed E-state index contributed by atoms with van der Waals surface area (Å²) >= 11 is 0. The van der Waals surface area contributed by atoms with Crippen molar-refractivity contribution in [3.63, 3.8) is 0 Å². The van der Waals surface area contributed by atoms with Gasteiger partial charge in [-0.1, -0.05) is 26.5 Å². The number of rotatable bonds is 5. The molecule has 11 heteroatoms. The van der Waals surface area contributed by atoms with Crippen LogP contribution in [0.25, 0.3) is 38.9 Å². The molecule has 1 atom stereocenters. The van der Waals surface area contributed by atoms with Gasteiger partial charge in [-0.05, 0) is 55.7 Å². The number of aromatic nitrogens is 4. The molecule has 0 unspecified atom stereocenters. The summed E-state index contributed by atoms with van der Waals surface area (Å²) in [6.07, 6.45) is 4.44. The maximum Gasteiger partial charge on any atom is 0.355 e. The van der Waals surface area contributed by atoms with Crippen LogP contribution >= 0.6 is 0 Å². The van der Waals surface area contributed by atoms with Crippen molar-refractivity contribution in [1.29, 1.82) is 0 Å². The fourth-order valence-electron chi connectivity index (χ4n) is 5.90. The van der Waals surface area contributed by atoms with Gasteiger partial charge in [-0.3, -0.25) is 9.78 Å². The lowest BCUT2D eigenvalue weighted by molar-refractivity contribution is -0.126. The third-order valence-electron chi connectivity index (χ3n) is 7.96. The predicted octanol–water partition coefficient (Wildman–Crippen LogP) is 5.09. The number of amides is 1. The number of furan rings is 1. The molecule has 0 radical (unpaired) electrons. The Morgan fingerprint density at radius 1 is 1.21 bits per heavy atom. The van der Waals surface area contributed by atoms with Crippen LogP contribution in [0.1, 0.15) is 37.9 Å². The molecule has 1 amide bonds. The topological polar surface area (TPSA) is 118 Å². The maximum absolute atomic E-state index is 15.3. The summed E-state index contributed by atoms with van der Waals surface area (Å²) in [7, 11) is 0. The summed E-state index contributed by atoms with van der Waals surface area (Å²) in [6, 6.07) is 7.28. The van der Waals surface area contributed by atoms with Gasteiger partial charge in [0.2, 0.25) is 5.91 Å². The zero-order chi connectivity index (χ0) is 30.6. The number of benzene rings is 1. The molecule has 10 nitrogen and oxygen atoms in total. The van der Waals surface area contributed by atoms with Gasteiger partial charge in [-0.2, -0.15) is 4.98 Å². The highest BCUT2D eigenvalue weighted by Gasteiger charge is 2.32. The molecule has 0 spiro atoms. The molecular formula is C32H31FN6O4. The summed E-state index contributed by atoms with van der Waals surface area (Å²) in [4.78, 5) is 44.3. The molecule has 0 bridgehead atoms. The number of phenols is 1. The molecule has 5 aromatic rings. The number of halogens is 1. The van der Waals surface area contributed by atoms with Crippen LogP contribution in [0.15, 0.2) is 64.7 Å². The van der Waals surface area contributed by atoms with Gasteiger partial charge in [0.15, 0.2) is 11.2 Å². The van der Waals surface area contributed by atoms with E-state index in [1.54, 1.807) is 23.2 Å². The van der Waals surface area contributed by atoms with Crippen molar-refractivity contribution in [3.05, 3.63) is 83.0 Å². The van der Waals surface area contributed by atoms with Gasteiger partial charge in [0.05, 0.1) is 28.9 Å².